The predicted octanol–water partition coefficient (Wildman–Crippen LogP) is 2.26. The van der Waals surface area contributed by atoms with Crippen LogP contribution in [0.15, 0.2) is 65.5 Å². The number of rotatable bonds is 5. The summed E-state index contributed by atoms with van der Waals surface area (Å²) in [5.74, 6) is 0.411. The van der Waals surface area contributed by atoms with E-state index in [1.807, 2.05) is 47.4 Å². The summed E-state index contributed by atoms with van der Waals surface area (Å²) in [7, 11) is 1.73. The molecule has 2 heterocycles. The van der Waals surface area contributed by atoms with E-state index >= 15 is 0 Å². The van der Waals surface area contributed by atoms with Crippen LogP contribution in [0.5, 0.6) is 5.75 Å². The maximum Gasteiger partial charge on any atom is 0.260 e. The molecule has 150 valence electrons. The Balaban J connectivity index is 1.35. The van der Waals surface area contributed by atoms with Crippen LogP contribution in [-0.4, -0.2) is 53.1 Å². The monoisotopic (exact) mass is 391 g/mol. The lowest BCUT2D eigenvalue weighted by Gasteiger charge is -2.34. The van der Waals surface area contributed by atoms with Crippen LogP contribution in [0.25, 0.3) is 10.9 Å². The van der Waals surface area contributed by atoms with Gasteiger partial charge in [0, 0.05) is 51.2 Å². The van der Waals surface area contributed by atoms with Crippen LogP contribution in [0.1, 0.15) is 5.56 Å². The van der Waals surface area contributed by atoms with Crippen molar-refractivity contribution in [2.75, 3.05) is 32.8 Å². The number of carbonyl (C=O) groups excluding carboxylic acids is 1. The minimum atomic E-state index is -0.152. The molecule has 0 spiro atoms. The standard InChI is InChI=1S/C23H25N3O3/c1-24-20-10-6-5-9-19(20)21(15-22(24)27)29-17-23(28)26-13-11-25(12-14-26)16-18-7-3-2-4-8-18/h2-10,15H,11-14,16-17H2,1H3. The van der Waals surface area contributed by atoms with Crippen LogP contribution in [0.3, 0.4) is 0 Å². The second-order valence-corrected chi connectivity index (χ2v) is 7.35. The Morgan fingerprint density at radius 2 is 1.66 bits per heavy atom. The number of benzene rings is 2. The van der Waals surface area contributed by atoms with Gasteiger partial charge in [-0.1, -0.05) is 42.5 Å². The molecule has 2 aromatic carbocycles. The Morgan fingerprint density at radius 3 is 2.41 bits per heavy atom. The summed E-state index contributed by atoms with van der Waals surface area (Å²) in [6.45, 7) is 3.90. The number of amides is 1. The van der Waals surface area contributed by atoms with E-state index in [0.29, 0.717) is 18.8 Å². The largest absolute Gasteiger partial charge is 0.483 e. The zero-order chi connectivity index (χ0) is 20.2. The van der Waals surface area contributed by atoms with Crippen LogP contribution in [0.2, 0.25) is 0 Å². The molecule has 0 bridgehead atoms. The molecule has 1 aromatic heterocycles. The second kappa shape index (κ2) is 8.49. The highest BCUT2D eigenvalue weighted by atomic mass is 16.5. The fourth-order valence-electron chi connectivity index (χ4n) is 3.73. The number of fused-ring (bicyclic) bond motifs is 1. The molecule has 3 aromatic rings. The topological polar surface area (TPSA) is 54.8 Å². The highest BCUT2D eigenvalue weighted by Gasteiger charge is 2.21. The Hall–Kier alpha value is -3.12. The summed E-state index contributed by atoms with van der Waals surface area (Å²) < 4.78 is 7.35. The van der Waals surface area contributed by atoms with Crippen molar-refractivity contribution in [3.8, 4) is 5.75 Å². The van der Waals surface area contributed by atoms with Gasteiger partial charge in [0.05, 0.1) is 5.52 Å². The maximum atomic E-state index is 12.6. The highest BCUT2D eigenvalue weighted by molar-refractivity contribution is 5.86. The zero-order valence-corrected chi connectivity index (χ0v) is 16.6. The van der Waals surface area contributed by atoms with E-state index in [2.05, 4.69) is 17.0 Å². The first-order valence-electron chi connectivity index (χ1n) is 9.87. The summed E-state index contributed by atoms with van der Waals surface area (Å²) in [5, 5.41) is 0.829. The van der Waals surface area contributed by atoms with Crippen LogP contribution in [-0.2, 0) is 18.4 Å². The van der Waals surface area contributed by atoms with E-state index in [9.17, 15) is 9.59 Å². The van der Waals surface area contributed by atoms with E-state index in [1.54, 1.807) is 11.6 Å². The number of piperazine rings is 1. The van der Waals surface area contributed by atoms with Gasteiger partial charge in [-0.3, -0.25) is 14.5 Å². The summed E-state index contributed by atoms with van der Waals surface area (Å²) in [6, 6.07) is 19.4. The highest BCUT2D eigenvalue weighted by Crippen LogP contribution is 2.23. The van der Waals surface area contributed by atoms with Gasteiger partial charge in [0.2, 0.25) is 0 Å². The van der Waals surface area contributed by atoms with Gasteiger partial charge in [0.15, 0.2) is 6.61 Å². The van der Waals surface area contributed by atoms with Crippen molar-refractivity contribution >= 4 is 16.8 Å². The van der Waals surface area contributed by atoms with Crippen molar-refractivity contribution in [3.63, 3.8) is 0 Å². The third-order valence-corrected chi connectivity index (χ3v) is 5.44. The summed E-state index contributed by atoms with van der Waals surface area (Å²) in [5.41, 5.74) is 1.92. The molecular weight excluding hydrogens is 366 g/mol. The Kier molecular flexibility index (Phi) is 5.62. The van der Waals surface area contributed by atoms with Gasteiger partial charge < -0.3 is 14.2 Å². The Labute approximate surface area is 169 Å². The number of pyridine rings is 1. The van der Waals surface area contributed by atoms with Crippen LogP contribution in [0.4, 0.5) is 0 Å². The van der Waals surface area contributed by atoms with Crippen LogP contribution in [0, 0.1) is 0 Å². The van der Waals surface area contributed by atoms with Crippen LogP contribution >= 0.6 is 0 Å². The molecule has 4 rings (SSSR count). The van der Waals surface area contributed by atoms with E-state index in [0.717, 1.165) is 30.5 Å². The number of hydrogen-bond acceptors (Lipinski definition) is 4. The SMILES string of the molecule is Cn1c(=O)cc(OCC(=O)N2CCN(Cc3ccccc3)CC2)c2ccccc21. The van der Waals surface area contributed by atoms with Gasteiger partial charge in [-0.2, -0.15) is 0 Å². The third-order valence-electron chi connectivity index (χ3n) is 5.44. The number of nitrogens with zero attached hydrogens (tertiary/aromatic N) is 3. The van der Waals surface area contributed by atoms with E-state index in [1.165, 1.54) is 11.6 Å². The van der Waals surface area contributed by atoms with Crippen molar-refractivity contribution in [2.24, 2.45) is 7.05 Å². The average molecular weight is 391 g/mol. The van der Waals surface area contributed by atoms with Crippen LogP contribution < -0.4 is 10.3 Å². The minimum Gasteiger partial charge on any atom is -0.483 e. The molecule has 0 radical (unpaired) electrons. The first kappa shape index (κ1) is 19.2. The molecule has 1 aliphatic rings. The molecule has 0 atom stereocenters. The molecule has 6 nitrogen and oxygen atoms in total. The average Bonchev–Trinajstić information content (AvgIpc) is 2.76. The van der Waals surface area contributed by atoms with Gasteiger partial charge in [-0.15, -0.1) is 0 Å². The van der Waals surface area contributed by atoms with E-state index in [4.69, 9.17) is 4.74 Å². The molecule has 29 heavy (non-hydrogen) atoms. The van der Waals surface area contributed by atoms with Gasteiger partial charge in [-0.05, 0) is 17.7 Å². The molecule has 0 unspecified atom stereocenters. The normalized spacial score (nSPS) is 14.9. The smallest absolute Gasteiger partial charge is 0.260 e. The van der Waals surface area contributed by atoms with Gasteiger partial charge in [-0.25, -0.2) is 0 Å². The summed E-state index contributed by atoms with van der Waals surface area (Å²) in [4.78, 5) is 29.0. The molecule has 6 heteroatoms. The quantitative estimate of drug-likeness (QED) is 0.670. The molecule has 1 aliphatic heterocycles. The lowest BCUT2D eigenvalue weighted by molar-refractivity contribution is -0.135. The van der Waals surface area contributed by atoms with Gasteiger partial charge in [0.25, 0.3) is 11.5 Å². The fourth-order valence-corrected chi connectivity index (χ4v) is 3.73. The lowest BCUT2D eigenvalue weighted by Crippen LogP contribution is -2.49. The summed E-state index contributed by atoms with van der Waals surface area (Å²) >= 11 is 0. The number of aromatic nitrogens is 1. The summed E-state index contributed by atoms with van der Waals surface area (Å²) in [6.07, 6.45) is 0. The molecule has 0 aliphatic carbocycles. The number of hydrogen-bond donors (Lipinski definition) is 0. The van der Waals surface area contributed by atoms with Gasteiger partial charge >= 0.3 is 0 Å². The minimum absolute atomic E-state index is 0.0471. The lowest BCUT2D eigenvalue weighted by atomic mass is 10.2. The first-order chi connectivity index (χ1) is 14.1. The zero-order valence-electron chi connectivity index (χ0n) is 16.6. The van der Waals surface area contributed by atoms with E-state index in [-0.39, 0.29) is 18.1 Å². The second-order valence-electron chi connectivity index (χ2n) is 7.35. The molecular formula is C23H25N3O3. The predicted molar refractivity (Wildman–Crippen MR) is 113 cm³/mol. The maximum absolute atomic E-state index is 12.6. The van der Waals surface area contributed by atoms with Gasteiger partial charge in [0.1, 0.15) is 5.75 Å². The van der Waals surface area contributed by atoms with E-state index < -0.39 is 0 Å². The Bertz CT molecular complexity index is 1050. The number of aryl methyl sites for hydroxylation is 1. The first-order valence-corrected chi connectivity index (χ1v) is 9.87. The molecule has 1 amide bonds. The van der Waals surface area contributed by atoms with Crippen molar-refractivity contribution in [1.29, 1.82) is 0 Å². The van der Waals surface area contributed by atoms with Crippen molar-refractivity contribution < 1.29 is 9.53 Å². The Morgan fingerprint density at radius 1 is 0.966 bits per heavy atom. The van der Waals surface area contributed by atoms with Crippen molar-refractivity contribution in [1.82, 2.24) is 14.4 Å². The fraction of sp³-hybridized carbons (Fsp3) is 0.304. The van der Waals surface area contributed by atoms with Crippen molar-refractivity contribution in [3.05, 3.63) is 76.6 Å². The number of carbonyl (C=O) groups is 1. The third kappa shape index (κ3) is 4.32. The van der Waals surface area contributed by atoms with Crippen molar-refractivity contribution in [2.45, 2.75) is 6.54 Å². The number of para-hydroxylation sites is 1. The molecule has 1 fully saturated rings. The molecule has 0 saturated carbocycles. The molecule has 1 saturated heterocycles. The number of ether oxygens (including phenoxy) is 1. The molecule has 0 N–H and O–H groups in total.